The summed E-state index contributed by atoms with van der Waals surface area (Å²) in [4.78, 5) is 0. The summed E-state index contributed by atoms with van der Waals surface area (Å²) in [7, 11) is 0. The van der Waals surface area contributed by atoms with E-state index < -0.39 is 16.2 Å². The van der Waals surface area contributed by atoms with Gasteiger partial charge in [-0.15, -0.1) is 0 Å². The van der Waals surface area contributed by atoms with E-state index in [0.29, 0.717) is 5.75 Å². The molecule has 0 aromatic heterocycles. The third kappa shape index (κ3) is 2.71. The highest BCUT2D eigenvalue weighted by Gasteiger charge is 2.65. The standard InChI is InChI=1S/C42H30O3/c1-24-18-33-35(20-37(24)43)41(29-14-6-2-10-25(29)26-11-3-7-15-30(26)41)22-40(33)23-42(36-21-39(45)38(44)19-34(36)40)31-16-8-4-12-27(31)28-13-5-9-17-32(28)42/h2-21,43-45H,22-23H2,1H3. The minimum Gasteiger partial charge on any atom is -0.508 e. The molecular formula is C42H30O3. The van der Waals surface area contributed by atoms with Gasteiger partial charge in [0.05, 0.1) is 0 Å². The van der Waals surface area contributed by atoms with E-state index in [1.807, 2.05) is 25.1 Å². The Labute approximate surface area is 261 Å². The summed E-state index contributed by atoms with van der Waals surface area (Å²) in [5.74, 6) is 0.0958. The van der Waals surface area contributed by atoms with Crippen molar-refractivity contribution in [2.75, 3.05) is 0 Å². The molecule has 0 bridgehead atoms. The van der Waals surface area contributed by atoms with Crippen LogP contribution >= 0.6 is 0 Å². The van der Waals surface area contributed by atoms with Crippen molar-refractivity contribution in [3.63, 3.8) is 0 Å². The zero-order chi connectivity index (χ0) is 30.3. The third-order valence-electron chi connectivity index (χ3n) is 11.7. The molecular weight excluding hydrogens is 552 g/mol. The van der Waals surface area contributed by atoms with Gasteiger partial charge in [-0.05, 0) is 110 Å². The summed E-state index contributed by atoms with van der Waals surface area (Å²) >= 11 is 0. The predicted molar refractivity (Wildman–Crippen MR) is 176 cm³/mol. The topological polar surface area (TPSA) is 60.7 Å². The van der Waals surface area contributed by atoms with Crippen molar-refractivity contribution in [1.82, 2.24) is 0 Å². The quantitative estimate of drug-likeness (QED) is 0.157. The second-order valence-electron chi connectivity index (χ2n) is 13.5. The van der Waals surface area contributed by atoms with Crippen molar-refractivity contribution < 1.29 is 15.3 Å². The summed E-state index contributed by atoms with van der Waals surface area (Å²) in [5.41, 5.74) is 13.6. The molecule has 0 radical (unpaired) electrons. The Balaban J connectivity index is 1.36. The van der Waals surface area contributed by atoms with Crippen molar-refractivity contribution in [1.29, 1.82) is 0 Å². The lowest BCUT2D eigenvalue weighted by atomic mass is 9.66. The fraction of sp³-hybridized carbons (Fsp3) is 0.143. The number of phenolic OH excluding ortho intramolecular Hbond substituents is 3. The van der Waals surface area contributed by atoms with E-state index in [9.17, 15) is 15.3 Å². The number of aryl methyl sites for hydroxylation is 1. The first kappa shape index (κ1) is 25.1. The van der Waals surface area contributed by atoms with E-state index >= 15 is 0 Å². The van der Waals surface area contributed by atoms with E-state index in [1.165, 1.54) is 50.1 Å². The van der Waals surface area contributed by atoms with Crippen LogP contribution in [0.15, 0.2) is 121 Å². The molecule has 3 N–H and O–H groups in total. The van der Waals surface area contributed by atoms with Gasteiger partial charge in [-0.2, -0.15) is 0 Å². The van der Waals surface area contributed by atoms with E-state index in [2.05, 4.69) is 103 Å². The molecule has 0 aliphatic heterocycles. The van der Waals surface area contributed by atoms with E-state index in [0.717, 1.165) is 35.1 Å². The minimum absolute atomic E-state index is 0.0987. The van der Waals surface area contributed by atoms with Gasteiger partial charge in [0, 0.05) is 16.2 Å². The number of benzene rings is 6. The first-order chi connectivity index (χ1) is 21.9. The van der Waals surface area contributed by atoms with Gasteiger partial charge in [-0.25, -0.2) is 0 Å². The van der Waals surface area contributed by atoms with E-state index in [-0.39, 0.29) is 11.5 Å². The highest BCUT2D eigenvalue weighted by molar-refractivity contribution is 5.89. The Kier molecular flexibility index (Phi) is 4.49. The van der Waals surface area contributed by atoms with Crippen LogP contribution in [0.4, 0.5) is 0 Å². The summed E-state index contributed by atoms with van der Waals surface area (Å²) in [6, 6.07) is 42.7. The molecule has 1 atom stereocenters. The van der Waals surface area contributed by atoms with E-state index in [1.54, 1.807) is 0 Å². The van der Waals surface area contributed by atoms with Crippen LogP contribution in [0.3, 0.4) is 0 Å². The number of aromatic hydroxyl groups is 3. The maximum Gasteiger partial charge on any atom is 0.157 e. The zero-order valence-corrected chi connectivity index (χ0v) is 24.8. The molecule has 1 unspecified atom stereocenters. The Morgan fingerprint density at radius 3 is 1.16 bits per heavy atom. The van der Waals surface area contributed by atoms with Crippen LogP contribution in [0.5, 0.6) is 17.2 Å². The number of rotatable bonds is 0. The molecule has 45 heavy (non-hydrogen) atoms. The first-order valence-corrected chi connectivity index (χ1v) is 15.7. The lowest BCUT2D eigenvalue weighted by Crippen LogP contribution is -2.32. The summed E-state index contributed by atoms with van der Waals surface area (Å²) in [5, 5.41) is 33.6. The fourth-order valence-corrected chi connectivity index (χ4v) is 10.1. The number of phenols is 3. The highest BCUT2D eigenvalue weighted by atomic mass is 16.3. The molecule has 6 aromatic rings. The summed E-state index contributed by atoms with van der Waals surface area (Å²) < 4.78 is 0. The van der Waals surface area contributed by atoms with Gasteiger partial charge in [0.25, 0.3) is 0 Å². The number of hydrogen-bond acceptors (Lipinski definition) is 3. The molecule has 0 fully saturated rings. The highest BCUT2D eigenvalue weighted by Crippen LogP contribution is 2.73. The second-order valence-corrected chi connectivity index (χ2v) is 13.5. The molecule has 3 spiro atoms. The zero-order valence-electron chi connectivity index (χ0n) is 24.8. The fourth-order valence-electron chi connectivity index (χ4n) is 10.1. The van der Waals surface area contributed by atoms with Crippen LogP contribution in [-0.4, -0.2) is 15.3 Å². The van der Waals surface area contributed by atoms with Gasteiger partial charge >= 0.3 is 0 Å². The molecule has 0 heterocycles. The predicted octanol–water partition coefficient (Wildman–Crippen LogP) is 8.83. The normalized spacial score (nSPS) is 19.8. The van der Waals surface area contributed by atoms with Crippen LogP contribution in [0.1, 0.15) is 62.9 Å². The Hall–Kier alpha value is -5.28. The molecule has 3 nitrogen and oxygen atoms in total. The van der Waals surface area contributed by atoms with Crippen molar-refractivity contribution in [3.8, 4) is 39.5 Å². The largest absolute Gasteiger partial charge is 0.508 e. The molecule has 6 aromatic carbocycles. The number of fused-ring (bicyclic) bond motifs is 16. The second kappa shape index (κ2) is 8.05. The molecule has 0 saturated carbocycles. The van der Waals surface area contributed by atoms with Crippen molar-refractivity contribution in [2.24, 2.45) is 0 Å². The molecule has 3 heteroatoms. The van der Waals surface area contributed by atoms with Gasteiger partial charge in [-0.1, -0.05) is 103 Å². The van der Waals surface area contributed by atoms with Crippen molar-refractivity contribution in [3.05, 3.63) is 171 Å². The first-order valence-electron chi connectivity index (χ1n) is 15.7. The molecule has 216 valence electrons. The van der Waals surface area contributed by atoms with Crippen LogP contribution in [0, 0.1) is 6.92 Å². The van der Waals surface area contributed by atoms with Crippen LogP contribution < -0.4 is 0 Å². The Morgan fingerprint density at radius 2 is 0.733 bits per heavy atom. The van der Waals surface area contributed by atoms with Crippen molar-refractivity contribution >= 4 is 0 Å². The molecule has 0 saturated heterocycles. The monoisotopic (exact) mass is 582 g/mol. The molecule has 0 amide bonds. The SMILES string of the molecule is Cc1cc2c(cc1O)C1(CC23CC2(c4ccccc4-c4ccccc42)c2cc(O)c(O)cc23)c2ccccc2-c2ccccc21. The molecule has 4 aliphatic rings. The number of hydrogen-bond donors (Lipinski definition) is 3. The molecule has 4 aliphatic carbocycles. The van der Waals surface area contributed by atoms with Crippen LogP contribution in [-0.2, 0) is 16.2 Å². The maximum absolute atomic E-state index is 11.3. The Morgan fingerprint density at radius 1 is 0.400 bits per heavy atom. The van der Waals surface area contributed by atoms with Gasteiger partial charge < -0.3 is 15.3 Å². The summed E-state index contributed by atoms with van der Waals surface area (Å²) in [6.07, 6.45) is 1.49. The van der Waals surface area contributed by atoms with Crippen LogP contribution in [0.25, 0.3) is 22.3 Å². The smallest absolute Gasteiger partial charge is 0.157 e. The average molecular weight is 583 g/mol. The average Bonchev–Trinajstić information content (AvgIpc) is 3.71. The van der Waals surface area contributed by atoms with Gasteiger partial charge in [0.2, 0.25) is 0 Å². The van der Waals surface area contributed by atoms with Gasteiger partial charge in [0.15, 0.2) is 11.5 Å². The lowest BCUT2D eigenvalue weighted by molar-refractivity contribution is 0.396. The lowest BCUT2D eigenvalue weighted by Gasteiger charge is -2.35. The van der Waals surface area contributed by atoms with Crippen LogP contribution in [0.2, 0.25) is 0 Å². The minimum atomic E-state index is -0.528. The van der Waals surface area contributed by atoms with Gasteiger partial charge in [-0.3, -0.25) is 0 Å². The van der Waals surface area contributed by atoms with Crippen molar-refractivity contribution in [2.45, 2.75) is 36.0 Å². The Bertz CT molecular complexity index is 2040. The third-order valence-corrected chi connectivity index (χ3v) is 11.7. The summed E-state index contributed by atoms with van der Waals surface area (Å²) in [6.45, 7) is 1.98. The maximum atomic E-state index is 11.3. The molecule has 10 rings (SSSR count). The van der Waals surface area contributed by atoms with E-state index in [4.69, 9.17) is 0 Å². The van der Waals surface area contributed by atoms with Gasteiger partial charge in [0.1, 0.15) is 5.75 Å².